The lowest BCUT2D eigenvalue weighted by Gasteiger charge is -2.40. The normalized spacial score (nSPS) is 21.3. The molecule has 3 rings (SSSR count). The Bertz CT molecular complexity index is 1040. The lowest BCUT2D eigenvalue weighted by Crippen LogP contribution is -2.43. The maximum atomic E-state index is 13.4. The first-order chi connectivity index (χ1) is 13.5. The third-order valence-electron chi connectivity index (χ3n) is 4.95. The number of hydrogen-bond acceptors (Lipinski definition) is 6. The number of carbonyl (C=O) groups excluding carboxylic acids is 1. The number of aromatic nitrogens is 1. The van der Waals surface area contributed by atoms with Crippen molar-refractivity contribution in [3.8, 4) is 5.75 Å². The number of aryl methyl sites for hydroxylation is 1. The summed E-state index contributed by atoms with van der Waals surface area (Å²) in [5.74, 6) is -1.00. The molecular formula is C20H23FN2O5S. The quantitative estimate of drug-likeness (QED) is 0.742. The van der Waals surface area contributed by atoms with Crippen molar-refractivity contribution in [2.75, 3.05) is 18.2 Å². The number of hydrogen-bond donors (Lipinski definition) is 2. The van der Waals surface area contributed by atoms with Gasteiger partial charge in [-0.3, -0.25) is 4.79 Å². The van der Waals surface area contributed by atoms with Gasteiger partial charge < -0.3 is 15.2 Å². The molecular weight excluding hydrogens is 399 g/mol. The number of anilines is 1. The highest BCUT2D eigenvalue weighted by Gasteiger charge is 2.40. The van der Waals surface area contributed by atoms with Gasteiger partial charge in [0, 0.05) is 0 Å². The number of pyridine rings is 1. The fraction of sp³-hybridized carbons (Fsp3) is 0.400. The molecule has 1 amide bonds. The fourth-order valence-corrected chi connectivity index (χ4v) is 5.19. The zero-order valence-electron chi connectivity index (χ0n) is 16.4. The van der Waals surface area contributed by atoms with Crippen molar-refractivity contribution >= 4 is 21.6 Å². The van der Waals surface area contributed by atoms with Crippen LogP contribution in [0.4, 0.5) is 10.2 Å². The van der Waals surface area contributed by atoms with Gasteiger partial charge in [-0.2, -0.15) is 0 Å². The number of aliphatic hydroxyl groups is 1. The highest BCUT2D eigenvalue weighted by atomic mass is 32.2. The van der Waals surface area contributed by atoms with Crippen LogP contribution in [0.15, 0.2) is 35.2 Å². The number of halogens is 1. The summed E-state index contributed by atoms with van der Waals surface area (Å²) in [5, 5.41) is 12.3. The van der Waals surface area contributed by atoms with Gasteiger partial charge in [0.25, 0.3) is 5.91 Å². The zero-order valence-corrected chi connectivity index (χ0v) is 17.2. The number of carbonyl (C=O) groups is 1. The van der Waals surface area contributed by atoms with Crippen LogP contribution in [-0.4, -0.2) is 42.9 Å². The first-order valence-electron chi connectivity index (χ1n) is 9.08. The Hall–Kier alpha value is -2.52. The number of nitrogens with one attached hydrogen (secondary N) is 1. The molecule has 0 unspecified atom stereocenters. The molecule has 1 aromatic heterocycles. The molecule has 0 spiro atoms. The third-order valence-corrected chi connectivity index (χ3v) is 6.83. The van der Waals surface area contributed by atoms with E-state index in [0.29, 0.717) is 12.8 Å². The molecule has 9 heteroatoms. The second kappa shape index (κ2) is 7.72. The lowest BCUT2D eigenvalue weighted by molar-refractivity contribution is -0.0494. The van der Waals surface area contributed by atoms with E-state index in [4.69, 9.17) is 4.74 Å². The van der Waals surface area contributed by atoms with E-state index in [2.05, 4.69) is 10.3 Å². The minimum absolute atomic E-state index is 0.00163. The van der Waals surface area contributed by atoms with E-state index in [1.165, 1.54) is 44.4 Å². The van der Waals surface area contributed by atoms with Crippen molar-refractivity contribution in [2.24, 2.45) is 5.92 Å². The van der Waals surface area contributed by atoms with Crippen molar-refractivity contribution in [1.82, 2.24) is 4.98 Å². The van der Waals surface area contributed by atoms with Crippen LogP contribution < -0.4 is 10.1 Å². The van der Waals surface area contributed by atoms with Gasteiger partial charge in [-0.25, -0.2) is 17.8 Å². The molecule has 29 heavy (non-hydrogen) atoms. The van der Waals surface area contributed by atoms with Crippen LogP contribution in [0.1, 0.15) is 35.8 Å². The topological polar surface area (TPSA) is 106 Å². The van der Waals surface area contributed by atoms with Crippen molar-refractivity contribution < 1.29 is 27.4 Å². The smallest absolute Gasteiger partial charge is 0.260 e. The van der Waals surface area contributed by atoms with Gasteiger partial charge in [0.05, 0.1) is 34.6 Å². The van der Waals surface area contributed by atoms with Crippen LogP contribution in [-0.2, 0) is 9.84 Å². The predicted molar refractivity (Wildman–Crippen MR) is 105 cm³/mol. The maximum Gasteiger partial charge on any atom is 0.260 e. The van der Waals surface area contributed by atoms with Crippen LogP contribution in [0.5, 0.6) is 5.75 Å². The van der Waals surface area contributed by atoms with Crippen LogP contribution in [0.3, 0.4) is 0 Å². The largest absolute Gasteiger partial charge is 0.496 e. The average molecular weight is 422 g/mol. The molecule has 1 aromatic carbocycles. The summed E-state index contributed by atoms with van der Waals surface area (Å²) < 4.78 is 44.1. The van der Waals surface area contributed by atoms with Crippen molar-refractivity contribution in [2.45, 2.75) is 37.2 Å². The Morgan fingerprint density at radius 3 is 2.62 bits per heavy atom. The van der Waals surface area contributed by atoms with Crippen molar-refractivity contribution in [3.63, 3.8) is 0 Å². The summed E-state index contributed by atoms with van der Waals surface area (Å²) >= 11 is 0. The van der Waals surface area contributed by atoms with E-state index in [9.17, 15) is 22.7 Å². The Morgan fingerprint density at radius 1 is 1.34 bits per heavy atom. The Balaban J connectivity index is 1.84. The third kappa shape index (κ3) is 4.73. The van der Waals surface area contributed by atoms with Gasteiger partial charge in [-0.1, -0.05) is 0 Å². The number of sulfone groups is 1. The highest BCUT2D eigenvalue weighted by Crippen LogP contribution is 2.39. The molecule has 7 nitrogen and oxygen atoms in total. The molecule has 1 heterocycles. The summed E-state index contributed by atoms with van der Waals surface area (Å²) in [6, 6.07) is 6.57. The van der Waals surface area contributed by atoms with E-state index in [-0.39, 0.29) is 39.4 Å². The Morgan fingerprint density at radius 2 is 2.03 bits per heavy atom. The lowest BCUT2D eigenvalue weighted by atomic mass is 9.73. The number of benzene rings is 1. The maximum absolute atomic E-state index is 13.4. The molecule has 0 atom stereocenters. The molecule has 1 aliphatic rings. The van der Waals surface area contributed by atoms with Crippen LogP contribution in [0.2, 0.25) is 0 Å². The van der Waals surface area contributed by atoms with Crippen molar-refractivity contribution in [3.05, 3.63) is 47.4 Å². The zero-order chi connectivity index (χ0) is 21.4. The van der Waals surface area contributed by atoms with E-state index >= 15 is 0 Å². The molecule has 2 N–H and O–H groups in total. The van der Waals surface area contributed by atoms with Gasteiger partial charge in [-0.15, -0.1) is 0 Å². The summed E-state index contributed by atoms with van der Waals surface area (Å²) in [4.78, 5) is 16.6. The van der Waals surface area contributed by atoms with Crippen LogP contribution in [0.25, 0.3) is 0 Å². The predicted octanol–water partition coefficient (Wildman–Crippen LogP) is 2.72. The minimum atomic E-state index is -3.65. The second-order valence-corrected chi connectivity index (χ2v) is 9.67. The summed E-state index contributed by atoms with van der Waals surface area (Å²) in [5.41, 5.74) is -0.661. The van der Waals surface area contributed by atoms with Gasteiger partial charge in [0.1, 0.15) is 17.4 Å². The summed E-state index contributed by atoms with van der Waals surface area (Å²) in [6.07, 6.45) is 0.844. The van der Waals surface area contributed by atoms with Gasteiger partial charge >= 0.3 is 0 Å². The van der Waals surface area contributed by atoms with Crippen LogP contribution in [0, 0.1) is 18.7 Å². The van der Waals surface area contributed by atoms with E-state index in [1.54, 1.807) is 6.92 Å². The molecule has 1 aliphatic carbocycles. The standard InChI is InChI=1S/C20H23FN2O5S/c1-12-16(21)5-7-18(22-12)23-19(24)15-8-14(4-6-17(15)28-3)29(26,27)11-13-9-20(2,25)10-13/h4-8,13,25H,9-11H2,1-3H3,(H,22,23,24). The molecule has 0 radical (unpaired) electrons. The van der Waals surface area contributed by atoms with Gasteiger partial charge in [0.15, 0.2) is 9.84 Å². The molecule has 1 fully saturated rings. The molecule has 1 saturated carbocycles. The molecule has 0 saturated heterocycles. The molecule has 2 aromatic rings. The summed E-state index contributed by atoms with van der Waals surface area (Å²) in [6.45, 7) is 3.15. The van der Waals surface area contributed by atoms with E-state index < -0.39 is 27.2 Å². The van der Waals surface area contributed by atoms with E-state index in [1.807, 2.05) is 0 Å². The monoisotopic (exact) mass is 422 g/mol. The van der Waals surface area contributed by atoms with Crippen molar-refractivity contribution in [1.29, 1.82) is 0 Å². The van der Waals surface area contributed by atoms with Gasteiger partial charge in [0.2, 0.25) is 0 Å². The Labute approximate surface area is 168 Å². The van der Waals surface area contributed by atoms with Crippen LogP contribution >= 0.6 is 0 Å². The van der Waals surface area contributed by atoms with Gasteiger partial charge in [-0.05, 0) is 62.9 Å². The van der Waals surface area contributed by atoms with E-state index in [0.717, 1.165) is 0 Å². The number of ether oxygens (including phenoxy) is 1. The number of rotatable bonds is 6. The highest BCUT2D eigenvalue weighted by molar-refractivity contribution is 7.91. The summed E-state index contributed by atoms with van der Waals surface area (Å²) in [7, 11) is -2.28. The number of amides is 1. The SMILES string of the molecule is COc1ccc(S(=O)(=O)CC2CC(C)(O)C2)cc1C(=O)Nc1ccc(F)c(C)n1. The molecule has 0 bridgehead atoms. The molecule has 156 valence electrons. The first-order valence-corrected chi connectivity index (χ1v) is 10.7. The second-order valence-electron chi connectivity index (χ2n) is 7.63. The minimum Gasteiger partial charge on any atom is -0.496 e. The number of methoxy groups -OCH3 is 1. The average Bonchev–Trinajstić information content (AvgIpc) is 2.62. The fourth-order valence-electron chi connectivity index (χ4n) is 3.56. The number of nitrogens with zero attached hydrogens (tertiary/aromatic N) is 1. The first kappa shape index (κ1) is 21.2. The molecule has 0 aliphatic heterocycles. The Kier molecular flexibility index (Phi) is 5.64.